The van der Waals surface area contributed by atoms with Crippen LogP contribution in [0.1, 0.15) is 96.1 Å². The van der Waals surface area contributed by atoms with Crippen molar-refractivity contribution in [3.05, 3.63) is 18.2 Å². The fourth-order valence-electron chi connectivity index (χ4n) is 5.19. The lowest BCUT2D eigenvalue weighted by atomic mass is 9.91. The molecule has 0 spiro atoms. The molecule has 4 atom stereocenters. The Labute approximate surface area is 294 Å². The lowest BCUT2D eigenvalue weighted by molar-refractivity contribution is -0.145. The standard InChI is InChI=1S/C33H49N5O13/c1-20(40)37-26(32(48)49)11-10-25(42)16-22(31(46)47)6-13-30(45)38-27(33(50)51)12-14-29(44)35-15-3-2-4-21(28(43)18-39)5-8-24(41)9-7-23-17-34-19-36-23/h17,19,21-22,26-27,39H,2-16,18H2,1H3,(H,34,36)(H,35,44)(H,37,40)(H,38,45)(H,46,47)(H,48,49)(H,50,51)/t21-,22-,26+,27+/m1/s1. The van der Waals surface area contributed by atoms with Gasteiger partial charge >= 0.3 is 17.9 Å². The number of aromatic amines is 1. The van der Waals surface area contributed by atoms with Crippen LogP contribution in [-0.2, 0) is 49.6 Å². The molecule has 51 heavy (non-hydrogen) atoms. The zero-order valence-electron chi connectivity index (χ0n) is 28.7. The van der Waals surface area contributed by atoms with E-state index >= 15 is 0 Å². The molecular weight excluding hydrogens is 674 g/mol. The number of carbonyl (C=O) groups excluding carboxylic acids is 6. The first kappa shape index (κ1) is 44.0. The van der Waals surface area contributed by atoms with E-state index in [4.69, 9.17) is 5.11 Å². The highest BCUT2D eigenvalue weighted by Gasteiger charge is 2.26. The fourth-order valence-corrected chi connectivity index (χ4v) is 5.19. The van der Waals surface area contributed by atoms with E-state index in [1.54, 1.807) is 6.20 Å². The maximum Gasteiger partial charge on any atom is 0.326 e. The molecule has 284 valence electrons. The molecule has 18 nitrogen and oxygen atoms in total. The van der Waals surface area contributed by atoms with E-state index in [0.29, 0.717) is 38.5 Å². The number of aliphatic hydroxyl groups is 1. The maximum atomic E-state index is 12.4. The number of carboxylic acids is 3. The molecule has 0 saturated heterocycles. The summed E-state index contributed by atoms with van der Waals surface area (Å²) in [5, 5.41) is 44.5. The van der Waals surface area contributed by atoms with Gasteiger partial charge in [0.15, 0.2) is 5.78 Å². The number of carboxylic acid groups (broad SMARTS) is 3. The van der Waals surface area contributed by atoms with Gasteiger partial charge in [0.05, 0.1) is 12.2 Å². The minimum Gasteiger partial charge on any atom is -0.481 e. The Hall–Kier alpha value is -5.00. The number of aliphatic hydroxyl groups excluding tert-OH is 1. The summed E-state index contributed by atoms with van der Waals surface area (Å²) in [4.78, 5) is 114. The first-order valence-electron chi connectivity index (χ1n) is 16.8. The number of ketones is 3. The van der Waals surface area contributed by atoms with Crippen LogP contribution in [-0.4, -0.2) is 109 Å². The van der Waals surface area contributed by atoms with E-state index in [9.17, 15) is 58.5 Å². The predicted molar refractivity (Wildman–Crippen MR) is 177 cm³/mol. The van der Waals surface area contributed by atoms with Gasteiger partial charge in [-0.15, -0.1) is 0 Å². The molecule has 8 N–H and O–H groups in total. The van der Waals surface area contributed by atoms with Crippen LogP contribution >= 0.6 is 0 Å². The van der Waals surface area contributed by atoms with Crippen molar-refractivity contribution in [1.82, 2.24) is 25.9 Å². The highest BCUT2D eigenvalue weighted by Crippen LogP contribution is 2.18. The van der Waals surface area contributed by atoms with Crippen LogP contribution in [0.5, 0.6) is 0 Å². The fraction of sp³-hybridized carbons (Fsp3) is 0.636. The van der Waals surface area contributed by atoms with Gasteiger partial charge in [0, 0.05) is 69.8 Å². The number of imidazole rings is 1. The van der Waals surface area contributed by atoms with E-state index < -0.39 is 84.8 Å². The third-order valence-corrected chi connectivity index (χ3v) is 8.14. The molecule has 18 heteroatoms. The van der Waals surface area contributed by atoms with Crippen LogP contribution in [0, 0.1) is 11.8 Å². The number of hydrogen-bond donors (Lipinski definition) is 8. The Bertz CT molecular complexity index is 1350. The van der Waals surface area contributed by atoms with Crippen LogP contribution in [0.2, 0.25) is 0 Å². The molecule has 3 amide bonds. The summed E-state index contributed by atoms with van der Waals surface area (Å²) in [6.07, 6.45) is 3.59. The largest absolute Gasteiger partial charge is 0.481 e. The van der Waals surface area contributed by atoms with Crippen LogP contribution < -0.4 is 16.0 Å². The van der Waals surface area contributed by atoms with Gasteiger partial charge in [0.1, 0.15) is 30.3 Å². The smallest absolute Gasteiger partial charge is 0.326 e. The lowest BCUT2D eigenvalue weighted by Gasteiger charge is -2.16. The third-order valence-electron chi connectivity index (χ3n) is 8.14. The number of aliphatic carboxylic acids is 3. The monoisotopic (exact) mass is 723 g/mol. The third kappa shape index (κ3) is 19.7. The van der Waals surface area contributed by atoms with E-state index in [1.165, 1.54) is 6.33 Å². The van der Waals surface area contributed by atoms with E-state index in [1.807, 2.05) is 0 Å². The summed E-state index contributed by atoms with van der Waals surface area (Å²) in [6.45, 7) is 0.703. The SMILES string of the molecule is CC(=O)N[C@@H](CCC(=O)C[C@@H](CCC(=O)N[C@@H](CCC(=O)NCCCC[C@H](CCC(=O)CCc1cnc[nH]1)C(=O)CO)C(=O)O)C(=O)O)C(=O)O. The summed E-state index contributed by atoms with van der Waals surface area (Å²) >= 11 is 0. The van der Waals surface area contributed by atoms with Gasteiger partial charge in [-0.05, 0) is 44.9 Å². The quantitative estimate of drug-likeness (QED) is 0.0517. The first-order chi connectivity index (χ1) is 24.1. The van der Waals surface area contributed by atoms with Crippen LogP contribution in [0.15, 0.2) is 12.5 Å². The zero-order valence-corrected chi connectivity index (χ0v) is 28.7. The molecule has 0 fully saturated rings. The molecule has 0 aromatic carbocycles. The number of rotatable bonds is 29. The van der Waals surface area contributed by atoms with Gasteiger partial charge in [-0.3, -0.25) is 33.6 Å². The van der Waals surface area contributed by atoms with Crippen molar-refractivity contribution in [3.63, 3.8) is 0 Å². The lowest BCUT2D eigenvalue weighted by Crippen LogP contribution is -2.42. The Morgan fingerprint density at radius 2 is 1.31 bits per heavy atom. The number of hydrogen-bond acceptors (Lipinski definition) is 11. The average molecular weight is 724 g/mol. The highest BCUT2D eigenvalue weighted by atomic mass is 16.4. The number of nitrogens with zero attached hydrogens (tertiary/aromatic N) is 1. The van der Waals surface area contributed by atoms with Crippen LogP contribution in [0.3, 0.4) is 0 Å². The van der Waals surface area contributed by atoms with Crippen molar-refractivity contribution < 1.29 is 63.6 Å². The Morgan fingerprint density at radius 3 is 1.90 bits per heavy atom. The van der Waals surface area contributed by atoms with Gasteiger partial charge in [0.2, 0.25) is 17.7 Å². The minimum atomic E-state index is -1.44. The van der Waals surface area contributed by atoms with Gasteiger partial charge < -0.3 is 41.4 Å². The minimum absolute atomic E-state index is 0.00847. The molecule has 0 aliphatic heterocycles. The molecule has 1 aromatic heterocycles. The molecule has 1 aromatic rings. The number of carbonyl (C=O) groups is 9. The van der Waals surface area contributed by atoms with Crippen molar-refractivity contribution in [1.29, 1.82) is 0 Å². The molecule has 0 aliphatic rings. The highest BCUT2D eigenvalue weighted by molar-refractivity contribution is 5.87. The van der Waals surface area contributed by atoms with Gasteiger partial charge in [-0.2, -0.15) is 0 Å². The number of Topliss-reactive ketones (excluding diaryl/α,β-unsaturated/α-hetero) is 3. The Morgan fingerprint density at radius 1 is 0.706 bits per heavy atom. The molecule has 0 saturated carbocycles. The summed E-state index contributed by atoms with van der Waals surface area (Å²) in [5.41, 5.74) is 0.833. The van der Waals surface area contributed by atoms with Crippen molar-refractivity contribution in [3.8, 4) is 0 Å². The second kappa shape index (κ2) is 24.2. The summed E-state index contributed by atoms with van der Waals surface area (Å²) in [5.74, 6) is -8.77. The van der Waals surface area contributed by atoms with E-state index in [0.717, 1.165) is 12.6 Å². The molecule has 1 rings (SSSR count). The zero-order chi connectivity index (χ0) is 38.3. The Balaban J connectivity index is 2.42. The second-order valence-electron chi connectivity index (χ2n) is 12.3. The van der Waals surface area contributed by atoms with Crippen LogP contribution in [0.25, 0.3) is 0 Å². The number of nitrogens with one attached hydrogen (secondary N) is 4. The number of H-pyrrole nitrogens is 1. The van der Waals surface area contributed by atoms with Gasteiger partial charge in [0.25, 0.3) is 0 Å². The number of amides is 3. The molecule has 0 bridgehead atoms. The summed E-state index contributed by atoms with van der Waals surface area (Å²) in [7, 11) is 0. The molecule has 0 radical (unpaired) electrons. The van der Waals surface area contributed by atoms with Crippen molar-refractivity contribution in [2.45, 2.75) is 109 Å². The van der Waals surface area contributed by atoms with Crippen molar-refractivity contribution in [2.75, 3.05) is 13.2 Å². The van der Waals surface area contributed by atoms with E-state index in [2.05, 4.69) is 25.9 Å². The molecular formula is C33H49N5O13. The molecule has 1 heterocycles. The second-order valence-corrected chi connectivity index (χ2v) is 12.3. The van der Waals surface area contributed by atoms with Gasteiger partial charge in [-0.25, -0.2) is 14.6 Å². The van der Waals surface area contributed by atoms with Crippen molar-refractivity contribution in [2.24, 2.45) is 11.8 Å². The maximum absolute atomic E-state index is 12.4. The number of unbranched alkanes of at least 4 members (excludes halogenated alkanes) is 1. The summed E-state index contributed by atoms with van der Waals surface area (Å²) in [6, 6.07) is -2.77. The number of aromatic nitrogens is 2. The normalized spacial score (nSPS) is 13.2. The predicted octanol–water partition coefficient (Wildman–Crippen LogP) is 0.315. The van der Waals surface area contributed by atoms with E-state index in [-0.39, 0.29) is 56.6 Å². The van der Waals surface area contributed by atoms with Gasteiger partial charge in [-0.1, -0.05) is 6.42 Å². The van der Waals surface area contributed by atoms with Crippen LogP contribution in [0.4, 0.5) is 0 Å². The van der Waals surface area contributed by atoms with Crippen molar-refractivity contribution >= 4 is 53.0 Å². The Kier molecular flexibility index (Phi) is 20.9. The topological polar surface area (TPSA) is 299 Å². The molecule has 0 unspecified atom stereocenters. The number of aryl methyl sites for hydroxylation is 1. The molecule has 0 aliphatic carbocycles. The summed E-state index contributed by atoms with van der Waals surface area (Å²) < 4.78 is 0. The first-order valence-corrected chi connectivity index (χ1v) is 16.8. The average Bonchev–Trinajstić information content (AvgIpc) is 3.60.